The fraction of sp³-hybridized carbons (Fsp3) is 0.667. The fourth-order valence-corrected chi connectivity index (χ4v) is 1.97. The van der Waals surface area contributed by atoms with Crippen molar-refractivity contribution in [2.24, 2.45) is 0 Å². The number of aliphatic hydroxyl groups excluding tert-OH is 2. The Bertz CT molecular complexity index is 638. The van der Waals surface area contributed by atoms with E-state index in [0.29, 0.717) is 0 Å². The molecule has 23 heavy (non-hydrogen) atoms. The van der Waals surface area contributed by atoms with Crippen molar-refractivity contribution in [3.8, 4) is 0 Å². The van der Waals surface area contributed by atoms with Crippen LogP contribution in [0.3, 0.4) is 0 Å². The van der Waals surface area contributed by atoms with Crippen molar-refractivity contribution in [3.63, 3.8) is 0 Å². The molecule has 0 radical (unpaired) electrons. The number of hydrogen-bond donors (Lipinski definition) is 4. The monoisotopic (exact) mass is 353 g/mol. The van der Waals surface area contributed by atoms with E-state index in [2.05, 4.69) is 4.98 Å². The Hall–Kier alpha value is -1.32. The summed E-state index contributed by atoms with van der Waals surface area (Å²) in [5.41, 5.74) is 2.33. The molecule has 132 valence electrons. The van der Waals surface area contributed by atoms with Crippen molar-refractivity contribution in [3.05, 3.63) is 22.7 Å². The maximum absolute atomic E-state index is 14.4. The third-order valence-electron chi connectivity index (χ3n) is 3.00. The average Bonchev–Trinajstić information content (AvgIpc) is 2.60. The molecule has 0 spiro atoms. The van der Waals surface area contributed by atoms with Gasteiger partial charge in [0, 0.05) is 19.5 Å². The van der Waals surface area contributed by atoms with E-state index >= 15 is 0 Å². The van der Waals surface area contributed by atoms with Crippen LogP contribution in [0.4, 0.5) is 10.2 Å². The molecular formula is C12H21FN3O6P. The van der Waals surface area contributed by atoms with Crippen molar-refractivity contribution >= 4 is 13.2 Å². The first kappa shape index (κ1) is 19.7. The van der Waals surface area contributed by atoms with Crippen LogP contribution in [0.5, 0.6) is 0 Å². The number of hydrogen-bond acceptors (Lipinski definition) is 7. The van der Waals surface area contributed by atoms with Crippen LogP contribution in [0.15, 0.2) is 17.1 Å². The molecule has 1 aromatic rings. The molecule has 2 rings (SSSR count). The minimum atomic E-state index is -2.64. The van der Waals surface area contributed by atoms with Gasteiger partial charge in [0.1, 0.15) is 18.0 Å². The van der Waals surface area contributed by atoms with Gasteiger partial charge in [-0.05, 0) is 13.0 Å². The zero-order valence-electron chi connectivity index (χ0n) is 13.0. The van der Waals surface area contributed by atoms with Gasteiger partial charge in [-0.2, -0.15) is 4.98 Å². The SMILES string of the molecule is CP(C)(=O)O.C[C@@]1(F)C(O)[C@@H](CO)O[C@H]1n1ccc(N)nc1=O. The molecule has 0 saturated carbocycles. The number of halogens is 1. The number of ether oxygens (including phenoxy) is 1. The molecule has 1 aromatic heterocycles. The first-order valence-corrected chi connectivity index (χ1v) is 9.19. The standard InChI is InChI=1S/C10H14FN3O4.C2H7O2P/c1-10(11)7(16)5(4-15)18-8(10)14-3-2-6(12)13-9(14)17;1-5(2,3)4/h2-3,5,7-8,15-16H,4H2,1H3,(H2,12,13,17);1-2H3,(H,3,4)/t5-,7?,8-,10-;/m1./s1. The van der Waals surface area contributed by atoms with Crippen LogP contribution in [0.25, 0.3) is 0 Å². The average molecular weight is 353 g/mol. The summed E-state index contributed by atoms with van der Waals surface area (Å²) in [5, 5.41) is 18.6. The number of anilines is 1. The summed E-state index contributed by atoms with van der Waals surface area (Å²) in [7, 11) is -2.64. The minimum absolute atomic E-state index is 0.00839. The normalized spacial score (nSPS) is 30.7. The molecule has 4 atom stereocenters. The van der Waals surface area contributed by atoms with Gasteiger partial charge in [-0.25, -0.2) is 9.18 Å². The summed E-state index contributed by atoms with van der Waals surface area (Å²) in [6.45, 7) is 3.15. The molecule has 1 fully saturated rings. The summed E-state index contributed by atoms with van der Waals surface area (Å²) in [6.07, 6.45) is -2.74. The number of nitrogens with two attached hydrogens (primary N) is 1. The predicted molar refractivity (Wildman–Crippen MR) is 81.1 cm³/mol. The Labute approximate surface area is 132 Å². The summed E-state index contributed by atoms with van der Waals surface area (Å²) in [5.74, 6) is 0.00839. The van der Waals surface area contributed by atoms with E-state index in [1.165, 1.54) is 25.6 Å². The van der Waals surface area contributed by atoms with Gasteiger partial charge >= 0.3 is 5.69 Å². The van der Waals surface area contributed by atoms with Gasteiger partial charge in [0.25, 0.3) is 0 Å². The number of aliphatic hydroxyl groups is 2. The molecule has 1 saturated heterocycles. The molecule has 0 aromatic carbocycles. The first-order valence-electron chi connectivity index (χ1n) is 6.63. The summed E-state index contributed by atoms with van der Waals surface area (Å²) in [6, 6.07) is 1.32. The highest BCUT2D eigenvalue weighted by Gasteiger charge is 2.55. The Morgan fingerprint density at radius 1 is 1.57 bits per heavy atom. The Kier molecular flexibility index (Phi) is 6.06. The Balaban J connectivity index is 0.000000463. The third-order valence-corrected chi connectivity index (χ3v) is 3.00. The zero-order chi connectivity index (χ0) is 18.0. The van der Waals surface area contributed by atoms with Gasteiger partial charge in [0.15, 0.2) is 19.3 Å². The highest BCUT2D eigenvalue weighted by molar-refractivity contribution is 7.56. The second kappa shape index (κ2) is 7.06. The lowest BCUT2D eigenvalue weighted by Crippen LogP contribution is -2.42. The zero-order valence-corrected chi connectivity index (χ0v) is 13.9. The lowest BCUT2D eigenvalue weighted by Gasteiger charge is -2.24. The van der Waals surface area contributed by atoms with E-state index in [1.807, 2.05) is 0 Å². The van der Waals surface area contributed by atoms with Crippen molar-refractivity contribution in [1.29, 1.82) is 0 Å². The topological polar surface area (TPSA) is 148 Å². The van der Waals surface area contributed by atoms with Crippen LogP contribution < -0.4 is 11.4 Å². The summed E-state index contributed by atoms with van der Waals surface area (Å²) >= 11 is 0. The van der Waals surface area contributed by atoms with E-state index in [-0.39, 0.29) is 5.82 Å². The molecule has 1 aliphatic heterocycles. The molecule has 1 aliphatic rings. The maximum Gasteiger partial charge on any atom is 0.351 e. The lowest BCUT2D eigenvalue weighted by molar-refractivity contribution is -0.0610. The lowest BCUT2D eigenvalue weighted by atomic mass is 9.98. The van der Waals surface area contributed by atoms with Crippen LogP contribution >= 0.6 is 7.37 Å². The highest BCUT2D eigenvalue weighted by atomic mass is 31.2. The smallest absolute Gasteiger partial charge is 0.351 e. The van der Waals surface area contributed by atoms with Gasteiger partial charge in [-0.15, -0.1) is 0 Å². The van der Waals surface area contributed by atoms with E-state index in [0.717, 1.165) is 11.5 Å². The van der Waals surface area contributed by atoms with Crippen LogP contribution in [0.1, 0.15) is 13.2 Å². The van der Waals surface area contributed by atoms with Gasteiger partial charge < -0.3 is 25.6 Å². The van der Waals surface area contributed by atoms with E-state index in [9.17, 15) is 18.9 Å². The predicted octanol–water partition coefficient (Wildman–Crippen LogP) is -0.679. The molecule has 11 heteroatoms. The summed E-state index contributed by atoms with van der Waals surface area (Å²) in [4.78, 5) is 23.1. The summed E-state index contributed by atoms with van der Waals surface area (Å²) < 4.78 is 30.2. The number of nitrogen functional groups attached to an aromatic ring is 1. The van der Waals surface area contributed by atoms with Crippen LogP contribution in [-0.2, 0) is 9.30 Å². The van der Waals surface area contributed by atoms with E-state index in [1.54, 1.807) is 0 Å². The van der Waals surface area contributed by atoms with E-state index < -0.39 is 43.8 Å². The van der Waals surface area contributed by atoms with Crippen molar-refractivity contribution in [2.75, 3.05) is 25.7 Å². The van der Waals surface area contributed by atoms with Crippen LogP contribution in [0.2, 0.25) is 0 Å². The van der Waals surface area contributed by atoms with E-state index in [4.69, 9.17) is 20.5 Å². The number of nitrogens with zero attached hydrogens (tertiary/aromatic N) is 2. The number of aromatic nitrogens is 2. The van der Waals surface area contributed by atoms with Gasteiger partial charge in [0.2, 0.25) is 0 Å². The molecule has 0 aliphatic carbocycles. The molecule has 1 unspecified atom stereocenters. The van der Waals surface area contributed by atoms with Crippen molar-refractivity contribution < 1.29 is 28.8 Å². The third kappa shape index (κ3) is 5.08. The Morgan fingerprint density at radius 3 is 2.48 bits per heavy atom. The molecule has 0 bridgehead atoms. The van der Waals surface area contributed by atoms with Crippen molar-refractivity contribution in [2.45, 2.75) is 31.0 Å². The second-order valence-corrected chi connectivity index (χ2v) is 8.23. The quantitative estimate of drug-likeness (QED) is 0.511. The van der Waals surface area contributed by atoms with Crippen LogP contribution in [-0.4, -0.2) is 62.5 Å². The number of alkyl halides is 1. The van der Waals surface area contributed by atoms with Gasteiger partial charge in [-0.1, -0.05) is 0 Å². The first-order chi connectivity index (χ1) is 10.4. The van der Waals surface area contributed by atoms with Crippen LogP contribution in [0, 0.1) is 0 Å². The molecule has 0 amide bonds. The second-order valence-electron chi connectivity index (χ2n) is 5.64. The molecule has 9 nitrogen and oxygen atoms in total. The molecule has 2 heterocycles. The largest absolute Gasteiger partial charge is 0.394 e. The Morgan fingerprint density at radius 2 is 2.09 bits per heavy atom. The maximum atomic E-state index is 14.4. The number of rotatable bonds is 2. The van der Waals surface area contributed by atoms with Gasteiger partial charge in [-0.3, -0.25) is 9.13 Å². The fourth-order valence-electron chi connectivity index (χ4n) is 1.97. The highest BCUT2D eigenvalue weighted by Crippen LogP contribution is 2.40. The van der Waals surface area contributed by atoms with Crippen molar-refractivity contribution in [1.82, 2.24) is 9.55 Å². The molecule has 5 N–H and O–H groups in total. The van der Waals surface area contributed by atoms with Gasteiger partial charge in [0.05, 0.1) is 6.61 Å². The minimum Gasteiger partial charge on any atom is -0.394 e. The molecular weight excluding hydrogens is 332 g/mol.